The molecular formula is C27H28N2O3. The number of hydrogen-bond donors (Lipinski definition) is 2. The highest BCUT2D eigenvalue weighted by Gasteiger charge is 2.73. The average Bonchev–Trinajstić information content (AvgIpc) is 3.33. The summed E-state index contributed by atoms with van der Waals surface area (Å²) in [7, 11) is 0. The van der Waals surface area contributed by atoms with Crippen LogP contribution in [-0.2, 0) is 23.0 Å². The molecule has 3 aromatic rings. The van der Waals surface area contributed by atoms with E-state index in [0.29, 0.717) is 12.4 Å². The number of para-hydroxylation sites is 1. The molecule has 2 aliphatic carbocycles. The maximum Gasteiger partial charge on any atom is 0.166 e. The van der Waals surface area contributed by atoms with Gasteiger partial charge in [0.1, 0.15) is 5.60 Å². The number of nitrogens with one attached hydrogen (secondary N) is 1. The molecule has 5 nitrogen and oxygen atoms in total. The van der Waals surface area contributed by atoms with Crippen molar-refractivity contribution in [1.29, 1.82) is 0 Å². The molecule has 1 unspecified atom stereocenters. The van der Waals surface area contributed by atoms with Crippen molar-refractivity contribution in [2.75, 3.05) is 19.7 Å². The average molecular weight is 429 g/mol. The zero-order chi connectivity index (χ0) is 21.7. The SMILES string of the molecule is C=CCN1CC[C@]23c4c5ccc(O)c4O[C@H]2c2[nH]c4ccccc4c2C[C@@]3(OCC)C1C5. The lowest BCUT2D eigenvalue weighted by Gasteiger charge is -2.64. The van der Waals surface area contributed by atoms with Gasteiger partial charge in [-0.1, -0.05) is 30.3 Å². The lowest BCUT2D eigenvalue weighted by Crippen LogP contribution is -2.75. The molecule has 2 aliphatic heterocycles. The van der Waals surface area contributed by atoms with E-state index in [2.05, 4.69) is 53.7 Å². The third-order valence-corrected chi connectivity index (χ3v) is 8.61. The van der Waals surface area contributed by atoms with E-state index >= 15 is 0 Å². The van der Waals surface area contributed by atoms with Gasteiger partial charge in [-0.15, -0.1) is 6.58 Å². The van der Waals surface area contributed by atoms with Crippen LogP contribution >= 0.6 is 0 Å². The topological polar surface area (TPSA) is 57.7 Å². The van der Waals surface area contributed by atoms with Crippen molar-refractivity contribution in [3.8, 4) is 11.5 Å². The van der Waals surface area contributed by atoms with Crippen molar-refractivity contribution in [2.45, 2.75) is 49.3 Å². The summed E-state index contributed by atoms with van der Waals surface area (Å²) in [4.78, 5) is 6.26. The van der Waals surface area contributed by atoms with E-state index in [9.17, 15) is 5.11 Å². The summed E-state index contributed by atoms with van der Waals surface area (Å²) in [6.07, 6.45) is 4.48. The van der Waals surface area contributed by atoms with Crippen LogP contribution in [0.5, 0.6) is 11.5 Å². The van der Waals surface area contributed by atoms with Crippen LogP contribution in [0.25, 0.3) is 10.9 Å². The smallest absolute Gasteiger partial charge is 0.166 e. The van der Waals surface area contributed by atoms with E-state index in [-0.39, 0.29) is 23.3 Å². The standard InChI is InChI=1S/C27H28N2O3/c1-3-12-29-13-11-26-22-16-9-10-20(30)24(22)32-25(26)23-18(17-7-5-6-8-19(17)28-23)15-27(26,31-4-2)21(29)14-16/h3,5-10,21,25,28,30H,1,4,11-15H2,2H3/t21?,25-,26-,27+/m0/s1. The number of likely N-dealkylation sites (tertiary alicyclic amines) is 1. The van der Waals surface area contributed by atoms with Gasteiger partial charge in [0, 0.05) is 48.6 Å². The Labute approximate surface area is 187 Å². The van der Waals surface area contributed by atoms with Gasteiger partial charge in [-0.2, -0.15) is 0 Å². The number of aromatic hydroxyl groups is 1. The van der Waals surface area contributed by atoms with Crippen LogP contribution in [0.2, 0.25) is 0 Å². The van der Waals surface area contributed by atoms with E-state index in [1.807, 2.05) is 6.08 Å². The highest BCUT2D eigenvalue weighted by molar-refractivity contribution is 5.86. The van der Waals surface area contributed by atoms with Gasteiger partial charge < -0.3 is 19.6 Å². The molecule has 0 amide bonds. The zero-order valence-electron chi connectivity index (χ0n) is 18.4. The van der Waals surface area contributed by atoms with Crippen LogP contribution in [0.15, 0.2) is 49.1 Å². The number of hydrogen-bond acceptors (Lipinski definition) is 4. The van der Waals surface area contributed by atoms with Gasteiger partial charge in [-0.25, -0.2) is 0 Å². The van der Waals surface area contributed by atoms with Gasteiger partial charge in [0.15, 0.2) is 17.6 Å². The molecule has 0 radical (unpaired) electrons. The highest BCUT2D eigenvalue weighted by Crippen LogP contribution is 2.69. The Morgan fingerprint density at radius 2 is 2.19 bits per heavy atom. The molecular weight excluding hydrogens is 400 g/mol. The van der Waals surface area contributed by atoms with Crippen molar-refractivity contribution in [2.24, 2.45) is 0 Å². The van der Waals surface area contributed by atoms with Gasteiger partial charge in [0.05, 0.1) is 11.1 Å². The van der Waals surface area contributed by atoms with E-state index < -0.39 is 5.60 Å². The van der Waals surface area contributed by atoms with Gasteiger partial charge in [-0.3, -0.25) is 4.90 Å². The van der Waals surface area contributed by atoms with E-state index in [1.54, 1.807) is 6.07 Å². The molecule has 3 heterocycles. The van der Waals surface area contributed by atoms with E-state index in [4.69, 9.17) is 9.47 Å². The number of ether oxygens (including phenoxy) is 2. The Morgan fingerprint density at radius 1 is 1.31 bits per heavy atom. The number of nitrogens with zero attached hydrogens (tertiary/aromatic N) is 1. The quantitative estimate of drug-likeness (QED) is 0.605. The first-order valence-electron chi connectivity index (χ1n) is 11.7. The van der Waals surface area contributed by atoms with Crippen LogP contribution < -0.4 is 4.74 Å². The number of aromatic amines is 1. The minimum absolute atomic E-state index is 0.194. The van der Waals surface area contributed by atoms with Crippen molar-refractivity contribution in [3.05, 3.63) is 71.4 Å². The van der Waals surface area contributed by atoms with Crippen molar-refractivity contribution >= 4 is 10.9 Å². The molecule has 1 saturated heterocycles. The molecule has 5 heteroatoms. The number of phenols is 1. The van der Waals surface area contributed by atoms with Crippen LogP contribution in [-0.4, -0.2) is 46.3 Å². The third-order valence-electron chi connectivity index (χ3n) is 8.61. The molecule has 1 fully saturated rings. The first kappa shape index (κ1) is 18.8. The highest BCUT2D eigenvalue weighted by atomic mass is 16.5. The summed E-state index contributed by atoms with van der Waals surface area (Å²) in [5.74, 6) is 0.904. The number of H-pyrrole nitrogens is 1. The summed E-state index contributed by atoms with van der Waals surface area (Å²) in [6, 6.07) is 12.7. The summed E-state index contributed by atoms with van der Waals surface area (Å²) >= 11 is 0. The minimum Gasteiger partial charge on any atom is -0.504 e. The van der Waals surface area contributed by atoms with Crippen LogP contribution in [0, 0.1) is 0 Å². The molecule has 2 N–H and O–H groups in total. The first-order chi connectivity index (χ1) is 15.6. The second-order valence-corrected chi connectivity index (χ2v) is 9.73. The third kappa shape index (κ3) is 1.94. The number of benzene rings is 2. The molecule has 7 rings (SSSR count). The van der Waals surface area contributed by atoms with Gasteiger partial charge in [-0.05, 0) is 43.0 Å². The Bertz CT molecular complexity index is 1280. The first-order valence-corrected chi connectivity index (χ1v) is 11.7. The normalized spacial score (nSPS) is 31.8. The lowest BCUT2D eigenvalue weighted by molar-refractivity contribution is -0.200. The molecule has 32 heavy (non-hydrogen) atoms. The number of piperidine rings is 1. The second-order valence-electron chi connectivity index (χ2n) is 9.73. The Morgan fingerprint density at radius 3 is 3.03 bits per heavy atom. The molecule has 1 spiro atoms. The van der Waals surface area contributed by atoms with Crippen molar-refractivity contribution in [3.63, 3.8) is 0 Å². The fraction of sp³-hybridized carbons (Fsp3) is 0.407. The lowest BCUT2D eigenvalue weighted by atomic mass is 9.48. The van der Waals surface area contributed by atoms with Crippen LogP contribution in [0.1, 0.15) is 41.8 Å². The Hall–Kier alpha value is -2.76. The summed E-state index contributed by atoms with van der Waals surface area (Å²) < 4.78 is 13.7. The van der Waals surface area contributed by atoms with E-state index in [0.717, 1.165) is 43.6 Å². The number of rotatable bonds is 4. The number of aromatic nitrogens is 1. The Kier molecular flexibility index (Phi) is 3.63. The fourth-order valence-corrected chi connectivity index (χ4v) is 7.61. The maximum atomic E-state index is 10.8. The van der Waals surface area contributed by atoms with Gasteiger partial charge in [0.25, 0.3) is 0 Å². The predicted octanol–water partition coefficient (Wildman–Crippen LogP) is 4.39. The molecule has 1 aromatic heterocycles. The second kappa shape index (κ2) is 6.18. The van der Waals surface area contributed by atoms with Crippen molar-refractivity contribution < 1.29 is 14.6 Å². The molecule has 164 valence electrons. The molecule has 2 bridgehead atoms. The largest absolute Gasteiger partial charge is 0.504 e. The monoisotopic (exact) mass is 428 g/mol. The predicted molar refractivity (Wildman–Crippen MR) is 123 cm³/mol. The summed E-state index contributed by atoms with van der Waals surface area (Å²) in [5.41, 5.74) is 5.33. The summed E-state index contributed by atoms with van der Waals surface area (Å²) in [6.45, 7) is 8.60. The minimum atomic E-state index is -0.419. The maximum absolute atomic E-state index is 10.8. The number of phenolic OH excluding ortho intramolecular Hbond substituents is 1. The number of fused-ring (bicyclic) bond motifs is 4. The molecule has 4 atom stereocenters. The van der Waals surface area contributed by atoms with E-state index in [1.165, 1.54) is 22.1 Å². The summed E-state index contributed by atoms with van der Waals surface area (Å²) in [5, 5.41) is 12.1. The fourth-order valence-electron chi connectivity index (χ4n) is 7.61. The molecule has 0 saturated carbocycles. The van der Waals surface area contributed by atoms with Gasteiger partial charge >= 0.3 is 0 Å². The van der Waals surface area contributed by atoms with Crippen molar-refractivity contribution in [1.82, 2.24) is 9.88 Å². The molecule has 4 aliphatic rings. The zero-order valence-corrected chi connectivity index (χ0v) is 18.4. The molecule has 2 aromatic carbocycles. The van der Waals surface area contributed by atoms with Crippen LogP contribution in [0.3, 0.4) is 0 Å². The van der Waals surface area contributed by atoms with Gasteiger partial charge in [0.2, 0.25) is 0 Å². The Balaban J connectivity index is 1.58. The van der Waals surface area contributed by atoms with Crippen LogP contribution in [0.4, 0.5) is 0 Å².